The van der Waals surface area contributed by atoms with Crippen LogP contribution in [0.25, 0.3) is 0 Å². The molecule has 0 aliphatic heterocycles. The summed E-state index contributed by atoms with van der Waals surface area (Å²) in [5.41, 5.74) is 2.44. The van der Waals surface area contributed by atoms with Crippen molar-refractivity contribution in [2.45, 2.75) is 73.1 Å². The number of hydrogen-bond acceptors (Lipinski definition) is 3. The molecule has 1 N–H and O–H groups in total. The van der Waals surface area contributed by atoms with Gasteiger partial charge in [0, 0.05) is 13.0 Å². The van der Waals surface area contributed by atoms with Gasteiger partial charge in [0.25, 0.3) is 0 Å². The zero-order chi connectivity index (χ0) is 19.5. The van der Waals surface area contributed by atoms with E-state index >= 15 is 0 Å². The van der Waals surface area contributed by atoms with Crippen LogP contribution in [0.2, 0.25) is 0 Å². The van der Waals surface area contributed by atoms with Crippen LogP contribution in [0.15, 0.2) is 23.3 Å². The topological polar surface area (TPSA) is 63.6 Å². The van der Waals surface area contributed by atoms with Gasteiger partial charge < -0.3 is 9.84 Å². The minimum absolute atomic E-state index is 0.0688. The summed E-state index contributed by atoms with van der Waals surface area (Å²) >= 11 is 0. The van der Waals surface area contributed by atoms with Crippen LogP contribution in [-0.2, 0) is 14.3 Å². The molecule has 1 fully saturated rings. The Kier molecular flexibility index (Phi) is 6.36. The van der Waals surface area contributed by atoms with Crippen LogP contribution in [0.4, 0.5) is 0 Å². The zero-order valence-electron chi connectivity index (χ0n) is 16.9. The third-order valence-corrected chi connectivity index (χ3v) is 7.23. The number of carboxylic acids is 1. The molecule has 0 aromatic carbocycles. The summed E-state index contributed by atoms with van der Waals surface area (Å²) in [5, 5.41) is 8.98. The summed E-state index contributed by atoms with van der Waals surface area (Å²) in [4.78, 5) is 22.2. The molecule has 0 unspecified atom stereocenters. The molecule has 0 bridgehead atoms. The van der Waals surface area contributed by atoms with E-state index in [0.29, 0.717) is 18.4 Å². The first-order chi connectivity index (χ1) is 12.1. The summed E-state index contributed by atoms with van der Waals surface area (Å²) in [6, 6.07) is 0. The highest BCUT2D eigenvalue weighted by Crippen LogP contribution is 2.62. The molecule has 0 heterocycles. The van der Waals surface area contributed by atoms with E-state index in [-0.39, 0.29) is 16.8 Å². The van der Waals surface area contributed by atoms with Crippen LogP contribution in [0, 0.1) is 22.7 Å². The fourth-order valence-electron chi connectivity index (χ4n) is 5.35. The molecule has 0 saturated heterocycles. The molecular formula is C22H34O4. The Morgan fingerprint density at radius 3 is 2.62 bits per heavy atom. The number of rotatable bonds is 6. The first kappa shape index (κ1) is 20.7. The number of carbonyl (C=O) groups excluding carboxylic acids is 1. The van der Waals surface area contributed by atoms with Crippen molar-refractivity contribution in [2.24, 2.45) is 22.7 Å². The second-order valence-electron chi connectivity index (χ2n) is 8.83. The number of fused-ring (bicyclic) bond motifs is 1. The van der Waals surface area contributed by atoms with Crippen LogP contribution in [0.5, 0.6) is 0 Å². The fraction of sp³-hybridized carbons (Fsp3) is 0.727. The van der Waals surface area contributed by atoms with Crippen molar-refractivity contribution in [3.8, 4) is 0 Å². The number of allylic oxidation sites excluding steroid dienone is 2. The molecule has 4 atom stereocenters. The Hall–Kier alpha value is -1.58. The summed E-state index contributed by atoms with van der Waals surface area (Å²) in [6.45, 7) is 10.9. The molecule has 4 nitrogen and oxygen atoms in total. The van der Waals surface area contributed by atoms with E-state index in [0.717, 1.165) is 44.1 Å². The highest BCUT2D eigenvalue weighted by Gasteiger charge is 2.53. The van der Waals surface area contributed by atoms with Crippen molar-refractivity contribution in [3.05, 3.63) is 23.3 Å². The third-order valence-electron chi connectivity index (χ3n) is 7.23. The maximum absolute atomic E-state index is 11.3. The monoisotopic (exact) mass is 362 g/mol. The lowest BCUT2D eigenvalue weighted by atomic mass is 9.47. The van der Waals surface area contributed by atoms with Gasteiger partial charge >= 0.3 is 11.9 Å². The number of esters is 1. The maximum Gasteiger partial charge on any atom is 0.328 e. The Balaban J connectivity index is 2.23. The first-order valence-corrected chi connectivity index (χ1v) is 9.82. The Labute approximate surface area is 157 Å². The molecule has 0 radical (unpaired) electrons. The molecule has 2 aliphatic rings. The van der Waals surface area contributed by atoms with Crippen LogP contribution < -0.4 is 0 Å². The van der Waals surface area contributed by atoms with Crippen LogP contribution in [-0.4, -0.2) is 23.7 Å². The first-order valence-electron chi connectivity index (χ1n) is 9.82. The van der Waals surface area contributed by atoms with E-state index in [4.69, 9.17) is 9.84 Å². The molecule has 146 valence electrons. The summed E-state index contributed by atoms with van der Waals surface area (Å²) < 4.78 is 5.35. The minimum atomic E-state index is -0.863. The van der Waals surface area contributed by atoms with E-state index in [1.54, 1.807) is 0 Å². The molecule has 0 aromatic heterocycles. The summed E-state index contributed by atoms with van der Waals surface area (Å²) in [7, 11) is 0. The predicted molar refractivity (Wildman–Crippen MR) is 103 cm³/mol. The molecule has 0 spiro atoms. The molecule has 2 aliphatic carbocycles. The lowest BCUT2D eigenvalue weighted by Gasteiger charge is -2.58. The fourth-order valence-corrected chi connectivity index (χ4v) is 5.35. The van der Waals surface area contributed by atoms with Gasteiger partial charge in [-0.15, -0.1) is 0 Å². The Morgan fingerprint density at radius 2 is 2.00 bits per heavy atom. The highest BCUT2D eigenvalue weighted by atomic mass is 16.5. The molecule has 4 heteroatoms. The Bertz CT molecular complexity index is 618. The second-order valence-corrected chi connectivity index (χ2v) is 8.83. The van der Waals surface area contributed by atoms with E-state index in [1.807, 2.05) is 6.92 Å². The maximum atomic E-state index is 11.3. The lowest BCUT2D eigenvalue weighted by molar-refractivity contribution is -0.141. The summed E-state index contributed by atoms with van der Waals surface area (Å²) in [6.07, 6.45) is 9.92. The average molecular weight is 363 g/mol. The second kappa shape index (κ2) is 7.98. The van der Waals surface area contributed by atoms with Gasteiger partial charge in [-0.2, -0.15) is 0 Å². The van der Waals surface area contributed by atoms with Crippen molar-refractivity contribution < 1.29 is 19.4 Å². The molecule has 26 heavy (non-hydrogen) atoms. The van der Waals surface area contributed by atoms with Crippen molar-refractivity contribution in [3.63, 3.8) is 0 Å². The van der Waals surface area contributed by atoms with Crippen molar-refractivity contribution in [2.75, 3.05) is 6.61 Å². The molecule has 0 amide bonds. The standard InChI is InChI=1S/C22H34O4/c1-15(13-20(24)25)9-11-21(4)16(2)10-12-22(5)18(14-26-17(3)23)7-6-8-19(21)22/h7,13,16,19H,6,8-12,14H2,1-5H3,(H,24,25)/b15-13+/t16-,19-,21+,22+/m1/s1. The van der Waals surface area contributed by atoms with Gasteiger partial charge in [0.1, 0.15) is 6.61 Å². The van der Waals surface area contributed by atoms with Gasteiger partial charge in [0.15, 0.2) is 0 Å². The van der Waals surface area contributed by atoms with Gasteiger partial charge in [-0.05, 0) is 73.7 Å². The third kappa shape index (κ3) is 4.21. The number of hydrogen-bond donors (Lipinski definition) is 1. The number of carbonyl (C=O) groups is 2. The molecule has 2 rings (SSSR count). The number of carboxylic acid groups (broad SMARTS) is 1. The van der Waals surface area contributed by atoms with Crippen molar-refractivity contribution >= 4 is 11.9 Å². The van der Waals surface area contributed by atoms with Gasteiger partial charge in [0.2, 0.25) is 0 Å². The van der Waals surface area contributed by atoms with Gasteiger partial charge in [-0.1, -0.05) is 32.4 Å². The highest BCUT2D eigenvalue weighted by molar-refractivity contribution is 5.80. The average Bonchev–Trinajstić information content (AvgIpc) is 2.55. The number of aliphatic carboxylic acids is 1. The van der Waals surface area contributed by atoms with Crippen LogP contribution in [0.1, 0.15) is 73.1 Å². The Morgan fingerprint density at radius 1 is 1.31 bits per heavy atom. The molecule has 1 saturated carbocycles. The zero-order valence-corrected chi connectivity index (χ0v) is 16.9. The van der Waals surface area contributed by atoms with Crippen LogP contribution >= 0.6 is 0 Å². The van der Waals surface area contributed by atoms with E-state index in [1.165, 1.54) is 18.6 Å². The smallest absolute Gasteiger partial charge is 0.328 e. The molecular weight excluding hydrogens is 328 g/mol. The molecule has 0 aromatic rings. The normalized spacial score (nSPS) is 34.7. The van der Waals surface area contributed by atoms with Gasteiger partial charge in [-0.25, -0.2) is 4.79 Å². The van der Waals surface area contributed by atoms with Crippen LogP contribution in [0.3, 0.4) is 0 Å². The van der Waals surface area contributed by atoms with Gasteiger partial charge in [-0.3, -0.25) is 4.79 Å². The lowest BCUT2D eigenvalue weighted by Crippen LogP contribution is -2.50. The number of ether oxygens (including phenoxy) is 1. The van der Waals surface area contributed by atoms with E-state index < -0.39 is 5.97 Å². The quantitative estimate of drug-likeness (QED) is 0.404. The van der Waals surface area contributed by atoms with E-state index in [9.17, 15) is 9.59 Å². The van der Waals surface area contributed by atoms with Crippen molar-refractivity contribution in [1.82, 2.24) is 0 Å². The van der Waals surface area contributed by atoms with Crippen molar-refractivity contribution in [1.29, 1.82) is 0 Å². The SMILES string of the molecule is CC(=O)OCC1=CCC[C@@H]2[C@@](C)(CC/C(C)=C/C(=O)O)[C@H](C)CC[C@@]12C. The van der Waals surface area contributed by atoms with E-state index in [2.05, 4.69) is 26.8 Å². The minimum Gasteiger partial charge on any atom is -0.478 e. The predicted octanol–water partition coefficient (Wildman–Crippen LogP) is 5.14. The largest absolute Gasteiger partial charge is 0.478 e. The van der Waals surface area contributed by atoms with Gasteiger partial charge in [0.05, 0.1) is 0 Å². The summed E-state index contributed by atoms with van der Waals surface area (Å²) in [5.74, 6) is 0.0506.